The summed E-state index contributed by atoms with van der Waals surface area (Å²) >= 11 is 6.13. The first-order chi connectivity index (χ1) is 13.2. The zero-order valence-corrected chi connectivity index (χ0v) is 15.4. The molecule has 0 bridgehead atoms. The van der Waals surface area contributed by atoms with E-state index in [9.17, 15) is 4.79 Å². The maximum atomic E-state index is 12.5. The molecule has 8 nitrogen and oxygen atoms in total. The average molecular weight is 391 g/mol. The van der Waals surface area contributed by atoms with Gasteiger partial charge in [0.1, 0.15) is 0 Å². The molecule has 1 fully saturated rings. The highest BCUT2D eigenvalue weighted by Crippen LogP contribution is 2.32. The van der Waals surface area contributed by atoms with Crippen LogP contribution >= 0.6 is 11.6 Å². The number of amides is 1. The third kappa shape index (κ3) is 4.06. The van der Waals surface area contributed by atoms with Crippen LogP contribution in [0.2, 0.25) is 5.02 Å². The van der Waals surface area contributed by atoms with Crippen LogP contribution < -0.4 is 19.7 Å². The first kappa shape index (κ1) is 17.8. The maximum Gasteiger partial charge on any atom is 0.271 e. The summed E-state index contributed by atoms with van der Waals surface area (Å²) in [6.45, 7) is 3.30. The van der Waals surface area contributed by atoms with Gasteiger partial charge in [-0.1, -0.05) is 17.7 Å². The van der Waals surface area contributed by atoms with Gasteiger partial charge in [-0.25, -0.2) is 9.97 Å². The minimum Gasteiger partial charge on any atom is -0.454 e. The predicted molar refractivity (Wildman–Crippen MR) is 98.7 cm³/mol. The van der Waals surface area contributed by atoms with Crippen LogP contribution in [-0.4, -0.2) is 55.5 Å². The number of fused-ring (bicyclic) bond motifs is 1. The van der Waals surface area contributed by atoms with E-state index >= 15 is 0 Å². The van der Waals surface area contributed by atoms with Gasteiger partial charge in [-0.15, -0.1) is 0 Å². The average Bonchev–Trinajstić information content (AvgIpc) is 3.17. The zero-order valence-electron chi connectivity index (χ0n) is 14.6. The summed E-state index contributed by atoms with van der Waals surface area (Å²) in [5.74, 6) is 1.64. The van der Waals surface area contributed by atoms with Crippen molar-refractivity contribution in [3.8, 4) is 11.5 Å². The molecule has 9 heteroatoms. The molecule has 142 valence electrons. The third-order valence-electron chi connectivity index (χ3n) is 4.38. The Morgan fingerprint density at radius 2 is 2.04 bits per heavy atom. The van der Waals surface area contributed by atoms with Gasteiger partial charge in [-0.3, -0.25) is 4.79 Å². The first-order valence-electron chi connectivity index (χ1n) is 8.72. The molecule has 4 rings (SSSR count). The Morgan fingerprint density at radius 3 is 2.89 bits per heavy atom. The molecule has 1 aromatic heterocycles. The van der Waals surface area contributed by atoms with E-state index in [0.717, 1.165) is 17.1 Å². The van der Waals surface area contributed by atoms with Crippen molar-refractivity contribution in [1.29, 1.82) is 0 Å². The lowest BCUT2D eigenvalue weighted by molar-refractivity contribution is 0.0949. The molecule has 2 aliphatic rings. The van der Waals surface area contributed by atoms with Gasteiger partial charge in [0.25, 0.3) is 5.91 Å². The summed E-state index contributed by atoms with van der Waals surface area (Å²) < 4.78 is 16.0. The highest BCUT2D eigenvalue weighted by atomic mass is 35.5. The van der Waals surface area contributed by atoms with Crippen LogP contribution in [0, 0.1) is 0 Å². The van der Waals surface area contributed by atoms with E-state index in [-0.39, 0.29) is 23.4 Å². The number of carbonyl (C=O) groups is 1. The molecule has 3 heterocycles. The molecular weight excluding hydrogens is 372 g/mol. The summed E-state index contributed by atoms with van der Waals surface area (Å²) in [6, 6.07) is 5.74. The van der Waals surface area contributed by atoms with E-state index in [1.54, 1.807) is 0 Å². The number of rotatable bonds is 5. The van der Waals surface area contributed by atoms with Gasteiger partial charge < -0.3 is 24.4 Å². The molecule has 1 aromatic carbocycles. The fourth-order valence-electron chi connectivity index (χ4n) is 2.93. The van der Waals surface area contributed by atoms with Crippen LogP contribution in [0.5, 0.6) is 11.5 Å². The Bertz CT molecular complexity index is 842. The van der Waals surface area contributed by atoms with E-state index in [4.69, 9.17) is 25.8 Å². The van der Waals surface area contributed by atoms with Crippen LogP contribution in [0.15, 0.2) is 24.4 Å². The quantitative estimate of drug-likeness (QED) is 0.831. The number of ether oxygens (including phenoxy) is 3. The topological polar surface area (TPSA) is 85.8 Å². The lowest BCUT2D eigenvalue weighted by Crippen LogP contribution is -2.38. The molecule has 27 heavy (non-hydrogen) atoms. The monoisotopic (exact) mass is 390 g/mol. The minimum atomic E-state index is -0.322. The predicted octanol–water partition coefficient (Wildman–Crippen LogP) is 1.67. The highest BCUT2D eigenvalue weighted by Gasteiger charge is 2.19. The van der Waals surface area contributed by atoms with Gasteiger partial charge in [-0.2, -0.15) is 0 Å². The van der Waals surface area contributed by atoms with Crippen molar-refractivity contribution >= 4 is 23.5 Å². The number of morpholine rings is 1. The first-order valence-corrected chi connectivity index (χ1v) is 9.10. The summed E-state index contributed by atoms with van der Waals surface area (Å²) in [4.78, 5) is 23.1. The number of carbonyl (C=O) groups excluding carboxylic acids is 1. The normalized spacial score (nSPS) is 15.7. The number of aromatic nitrogens is 2. The Balaban J connectivity index is 1.37. The van der Waals surface area contributed by atoms with Crippen molar-refractivity contribution in [3.63, 3.8) is 0 Å². The fourth-order valence-corrected chi connectivity index (χ4v) is 3.11. The van der Waals surface area contributed by atoms with Gasteiger partial charge >= 0.3 is 0 Å². The van der Waals surface area contributed by atoms with Crippen LogP contribution in [0.1, 0.15) is 16.1 Å². The number of hydrogen-bond donors (Lipinski definition) is 1. The second-order valence-corrected chi connectivity index (χ2v) is 6.57. The lowest BCUT2D eigenvalue weighted by Gasteiger charge is -2.26. The van der Waals surface area contributed by atoms with E-state index in [1.165, 1.54) is 6.20 Å². The third-order valence-corrected chi connectivity index (χ3v) is 4.65. The lowest BCUT2D eigenvalue weighted by atomic mass is 10.1. The Kier molecular flexibility index (Phi) is 5.26. The zero-order chi connectivity index (χ0) is 18.6. The molecule has 1 N–H and O–H groups in total. The van der Waals surface area contributed by atoms with Crippen LogP contribution in [0.4, 0.5) is 5.95 Å². The van der Waals surface area contributed by atoms with Gasteiger partial charge in [0, 0.05) is 19.6 Å². The Morgan fingerprint density at radius 1 is 1.22 bits per heavy atom. The number of benzene rings is 1. The van der Waals surface area contributed by atoms with Crippen LogP contribution in [0.3, 0.4) is 0 Å². The molecule has 0 radical (unpaired) electrons. The molecule has 0 spiro atoms. The maximum absolute atomic E-state index is 12.5. The largest absolute Gasteiger partial charge is 0.454 e. The smallest absolute Gasteiger partial charge is 0.271 e. The number of nitrogens with zero attached hydrogens (tertiary/aromatic N) is 3. The highest BCUT2D eigenvalue weighted by molar-refractivity contribution is 6.33. The Labute approximate surface area is 161 Å². The standard InChI is InChI=1S/C18H19ClN4O4/c19-13-10-21-18(23-5-7-25-8-6-23)22-16(13)17(24)20-4-3-12-1-2-14-15(9-12)27-11-26-14/h1-2,9-10H,3-8,11H2,(H,20,24). The number of nitrogens with one attached hydrogen (secondary N) is 1. The van der Waals surface area contributed by atoms with Crippen LogP contribution in [0.25, 0.3) is 0 Å². The minimum absolute atomic E-state index is 0.179. The summed E-state index contributed by atoms with van der Waals surface area (Å²) in [5.41, 5.74) is 1.22. The fraction of sp³-hybridized carbons (Fsp3) is 0.389. The number of hydrogen-bond acceptors (Lipinski definition) is 7. The van der Waals surface area contributed by atoms with Gasteiger partial charge in [-0.05, 0) is 24.1 Å². The molecular formula is C18H19ClN4O4. The summed E-state index contributed by atoms with van der Waals surface area (Å²) in [7, 11) is 0. The van der Waals surface area contributed by atoms with Gasteiger partial charge in [0.2, 0.25) is 12.7 Å². The van der Waals surface area contributed by atoms with E-state index in [0.29, 0.717) is 45.2 Å². The Hall–Kier alpha value is -2.58. The van der Waals surface area contributed by atoms with Crippen molar-refractivity contribution in [2.45, 2.75) is 6.42 Å². The SMILES string of the molecule is O=C(NCCc1ccc2c(c1)OCO2)c1nc(N2CCOCC2)ncc1Cl. The van der Waals surface area contributed by atoms with E-state index in [2.05, 4.69) is 15.3 Å². The molecule has 0 unspecified atom stereocenters. The molecule has 0 aliphatic carbocycles. The van der Waals surface area contributed by atoms with Crippen molar-refractivity contribution in [2.24, 2.45) is 0 Å². The molecule has 0 atom stereocenters. The van der Waals surface area contributed by atoms with Gasteiger partial charge in [0.05, 0.1) is 24.4 Å². The summed E-state index contributed by atoms with van der Waals surface area (Å²) in [5, 5.41) is 3.09. The van der Waals surface area contributed by atoms with Crippen molar-refractivity contribution in [3.05, 3.63) is 40.7 Å². The van der Waals surface area contributed by atoms with Gasteiger partial charge in [0.15, 0.2) is 17.2 Å². The van der Waals surface area contributed by atoms with Crippen molar-refractivity contribution in [1.82, 2.24) is 15.3 Å². The molecule has 0 saturated carbocycles. The molecule has 2 aromatic rings. The second kappa shape index (κ2) is 7.98. The number of anilines is 1. The second-order valence-electron chi connectivity index (χ2n) is 6.16. The number of halogens is 1. The van der Waals surface area contributed by atoms with Crippen molar-refractivity contribution in [2.75, 3.05) is 44.5 Å². The van der Waals surface area contributed by atoms with E-state index in [1.807, 2.05) is 23.1 Å². The molecule has 2 aliphatic heterocycles. The molecule has 1 amide bonds. The molecule has 1 saturated heterocycles. The van der Waals surface area contributed by atoms with Crippen LogP contribution in [-0.2, 0) is 11.2 Å². The van der Waals surface area contributed by atoms with E-state index < -0.39 is 0 Å². The summed E-state index contributed by atoms with van der Waals surface area (Å²) in [6.07, 6.45) is 2.12. The van der Waals surface area contributed by atoms with Crippen molar-refractivity contribution < 1.29 is 19.0 Å².